The van der Waals surface area contributed by atoms with E-state index in [1.54, 1.807) is 0 Å². The molecule has 0 aliphatic carbocycles. The molecule has 0 spiro atoms. The molecule has 4 heteroatoms. The summed E-state index contributed by atoms with van der Waals surface area (Å²) in [5.74, 6) is 0.271. The van der Waals surface area contributed by atoms with Crippen LogP contribution in [0.25, 0.3) is 65.4 Å². The Kier molecular flexibility index (Phi) is 8.09. The fourth-order valence-electron chi connectivity index (χ4n) is 8.98. The predicted molar refractivity (Wildman–Crippen MR) is 249 cm³/mol. The van der Waals surface area contributed by atoms with E-state index in [4.69, 9.17) is 8.83 Å². The normalized spacial score (nSPS) is 11.9. The summed E-state index contributed by atoms with van der Waals surface area (Å²) in [6, 6.07) is 63.2. The molecule has 2 heterocycles. The van der Waals surface area contributed by atoms with Gasteiger partial charge in [-0.2, -0.15) is 0 Å². The van der Waals surface area contributed by atoms with Crippen LogP contribution in [0.5, 0.6) is 0 Å². The van der Waals surface area contributed by atoms with Crippen molar-refractivity contribution in [1.82, 2.24) is 0 Å². The summed E-state index contributed by atoms with van der Waals surface area (Å²) >= 11 is 0. The summed E-state index contributed by atoms with van der Waals surface area (Å²) in [4.78, 5) is 4.63. The van der Waals surface area contributed by atoms with Gasteiger partial charge >= 0.3 is 0 Å². The summed E-state index contributed by atoms with van der Waals surface area (Å²) in [7, 11) is 0. The summed E-state index contributed by atoms with van der Waals surface area (Å²) in [6.45, 7) is 8.81. The maximum absolute atomic E-state index is 6.92. The fourth-order valence-corrected chi connectivity index (χ4v) is 8.98. The Labute approximate surface area is 343 Å². The Balaban J connectivity index is 1.07. The molecule has 0 unspecified atom stereocenters. The first-order valence-electron chi connectivity index (χ1n) is 20.4. The Morgan fingerprint density at radius 3 is 1.37 bits per heavy atom. The number of anilines is 6. The van der Waals surface area contributed by atoms with Crippen LogP contribution in [0.1, 0.15) is 36.5 Å². The molecular weight excluding hydrogens is 721 g/mol. The first kappa shape index (κ1) is 34.9. The fraction of sp³-hybridized carbons (Fsp3) is 0.0909. The van der Waals surface area contributed by atoms with E-state index in [1.807, 2.05) is 0 Å². The minimum atomic E-state index is 0.271. The number of rotatable bonds is 7. The van der Waals surface area contributed by atoms with Gasteiger partial charge in [0.25, 0.3) is 0 Å². The smallest absolute Gasteiger partial charge is 0.178 e. The highest BCUT2D eigenvalue weighted by Crippen LogP contribution is 2.46. The highest BCUT2D eigenvalue weighted by molar-refractivity contribution is 6.22. The van der Waals surface area contributed by atoms with Crippen molar-refractivity contribution in [2.75, 3.05) is 9.80 Å². The van der Waals surface area contributed by atoms with Crippen LogP contribution in [0.2, 0.25) is 0 Å². The van der Waals surface area contributed by atoms with E-state index in [1.165, 1.54) is 16.7 Å². The molecule has 4 nitrogen and oxygen atoms in total. The highest BCUT2D eigenvalue weighted by atomic mass is 16.4. The number of benzene rings is 9. The number of furan rings is 2. The third-order valence-corrected chi connectivity index (χ3v) is 11.8. The van der Waals surface area contributed by atoms with Gasteiger partial charge in [-0.3, -0.25) is 0 Å². The number of nitrogens with zero attached hydrogens (tertiary/aromatic N) is 2. The van der Waals surface area contributed by atoms with Crippen LogP contribution in [0.4, 0.5) is 34.1 Å². The predicted octanol–water partition coefficient (Wildman–Crippen LogP) is 16.5. The van der Waals surface area contributed by atoms with Gasteiger partial charge in [0.05, 0.1) is 0 Å². The van der Waals surface area contributed by atoms with Gasteiger partial charge in [-0.15, -0.1) is 0 Å². The monoisotopic (exact) mass is 762 g/mol. The van der Waals surface area contributed by atoms with Crippen LogP contribution in [0.3, 0.4) is 0 Å². The molecule has 0 aliphatic rings. The molecule has 0 radical (unpaired) electrons. The molecule has 0 aliphatic heterocycles. The Hall–Kier alpha value is -7.30. The Bertz CT molecular complexity index is 3400. The number of fused-ring (bicyclic) bond motifs is 9. The van der Waals surface area contributed by atoms with Crippen LogP contribution < -0.4 is 9.80 Å². The van der Waals surface area contributed by atoms with Gasteiger partial charge in [0.15, 0.2) is 11.2 Å². The maximum atomic E-state index is 6.92. The van der Waals surface area contributed by atoms with Gasteiger partial charge < -0.3 is 18.6 Å². The topological polar surface area (TPSA) is 32.8 Å². The quantitative estimate of drug-likeness (QED) is 0.162. The second kappa shape index (κ2) is 13.7. The molecule has 0 bridgehead atoms. The van der Waals surface area contributed by atoms with Crippen LogP contribution in [0.15, 0.2) is 185 Å². The molecule has 0 saturated heterocycles. The lowest BCUT2D eigenvalue weighted by Crippen LogP contribution is -2.09. The lowest BCUT2D eigenvalue weighted by Gasteiger charge is -2.26. The molecule has 11 aromatic rings. The summed E-state index contributed by atoms with van der Waals surface area (Å²) in [6.07, 6.45) is 0. The molecule has 0 amide bonds. The van der Waals surface area contributed by atoms with Gasteiger partial charge in [0.2, 0.25) is 0 Å². The zero-order valence-electron chi connectivity index (χ0n) is 33.5. The lowest BCUT2D eigenvalue weighted by atomic mass is 9.94. The van der Waals surface area contributed by atoms with Crippen LogP contribution in [0, 0.1) is 13.8 Å². The first-order valence-corrected chi connectivity index (χ1v) is 20.4. The third kappa shape index (κ3) is 5.90. The van der Waals surface area contributed by atoms with E-state index < -0.39 is 0 Å². The average molecular weight is 763 g/mol. The van der Waals surface area contributed by atoms with Crippen molar-refractivity contribution in [2.24, 2.45) is 0 Å². The molecule has 59 heavy (non-hydrogen) atoms. The molecule has 2 aromatic heterocycles. The minimum Gasteiger partial charge on any atom is -0.452 e. The van der Waals surface area contributed by atoms with Crippen molar-refractivity contribution >= 4 is 99.5 Å². The van der Waals surface area contributed by atoms with Gasteiger partial charge in [-0.25, -0.2) is 0 Å². The van der Waals surface area contributed by atoms with Crippen molar-refractivity contribution in [2.45, 2.75) is 33.6 Å². The molecule has 0 atom stereocenters. The average Bonchev–Trinajstić information content (AvgIpc) is 3.80. The van der Waals surface area contributed by atoms with Crippen molar-refractivity contribution in [3.8, 4) is 0 Å². The molecular formula is C55H42N2O2. The van der Waals surface area contributed by atoms with E-state index in [2.05, 4.69) is 213 Å². The van der Waals surface area contributed by atoms with E-state index >= 15 is 0 Å². The number of para-hydroxylation sites is 2. The maximum Gasteiger partial charge on any atom is 0.178 e. The van der Waals surface area contributed by atoms with Crippen molar-refractivity contribution in [3.05, 3.63) is 193 Å². The van der Waals surface area contributed by atoms with Crippen LogP contribution in [-0.2, 0) is 0 Å². The van der Waals surface area contributed by atoms with Crippen LogP contribution >= 0.6 is 0 Å². The molecule has 0 fully saturated rings. The molecule has 0 N–H and O–H groups in total. The highest BCUT2D eigenvalue weighted by Gasteiger charge is 2.23. The zero-order chi connectivity index (χ0) is 39.8. The second-order valence-corrected chi connectivity index (χ2v) is 16.2. The van der Waals surface area contributed by atoms with E-state index in [-0.39, 0.29) is 5.92 Å². The van der Waals surface area contributed by atoms with Crippen LogP contribution in [-0.4, -0.2) is 0 Å². The number of hydrogen-bond donors (Lipinski definition) is 0. The Morgan fingerprint density at radius 2 is 0.847 bits per heavy atom. The summed E-state index contributed by atoms with van der Waals surface area (Å²) < 4.78 is 13.8. The van der Waals surface area contributed by atoms with Crippen molar-refractivity contribution in [3.63, 3.8) is 0 Å². The molecule has 9 aromatic carbocycles. The largest absolute Gasteiger partial charge is 0.452 e. The zero-order valence-corrected chi connectivity index (χ0v) is 33.5. The minimum absolute atomic E-state index is 0.271. The second-order valence-electron chi connectivity index (χ2n) is 16.2. The first-order chi connectivity index (χ1) is 28.9. The third-order valence-electron chi connectivity index (χ3n) is 11.8. The van der Waals surface area contributed by atoms with Gasteiger partial charge in [0, 0.05) is 55.7 Å². The van der Waals surface area contributed by atoms with Gasteiger partial charge in [-0.05, 0) is 161 Å². The summed E-state index contributed by atoms with van der Waals surface area (Å²) in [5, 5.41) is 8.97. The van der Waals surface area contributed by atoms with E-state index in [0.29, 0.717) is 0 Å². The summed E-state index contributed by atoms with van der Waals surface area (Å²) in [5.41, 5.74) is 13.6. The van der Waals surface area contributed by atoms with Gasteiger partial charge in [-0.1, -0.05) is 86.6 Å². The van der Waals surface area contributed by atoms with E-state index in [9.17, 15) is 0 Å². The number of hydrogen-bond acceptors (Lipinski definition) is 4. The SMILES string of the molecule is Cc1cccc(N(c2ccccc2)c2ccc3cc4c(cc3c2)oc2c4cc(C(C)C)c3c4cc5ccc(N(c6ccccc6)c6cccc(C)c6)cc5cc4oc23)c1. The van der Waals surface area contributed by atoms with Gasteiger partial charge in [0.1, 0.15) is 11.2 Å². The number of aryl methyl sites for hydroxylation is 2. The van der Waals surface area contributed by atoms with E-state index in [0.717, 1.165) is 99.5 Å². The lowest BCUT2D eigenvalue weighted by molar-refractivity contribution is 0.633. The Morgan fingerprint density at radius 1 is 0.373 bits per heavy atom. The molecule has 284 valence electrons. The molecule has 0 saturated carbocycles. The molecule has 11 rings (SSSR count). The standard InChI is InChI=1S/C55H42N2O2/c1-34(2)47-33-49-48-29-37-21-23-45(56(41-15-7-5-8-16-41)43-19-11-13-35(3)25-43)27-39(37)31-51(48)58-54(49)55-53(47)50-30-38-22-24-46(28-40(38)32-52(50)59-55)57(42-17-9-6-10-18-42)44-20-12-14-36(4)26-44/h5-34H,1-4H3. The van der Waals surface area contributed by atoms with Crippen molar-refractivity contribution < 1.29 is 8.83 Å². The van der Waals surface area contributed by atoms with Crippen molar-refractivity contribution in [1.29, 1.82) is 0 Å².